The molecule has 1 atom stereocenters. The molecular weight excluding hydrogens is 226 g/mol. The first-order chi connectivity index (χ1) is 8.70. The van der Waals surface area contributed by atoms with Crippen LogP contribution in [0.4, 0.5) is 5.69 Å². The van der Waals surface area contributed by atoms with E-state index in [0.29, 0.717) is 11.6 Å². The molecule has 18 heavy (non-hydrogen) atoms. The van der Waals surface area contributed by atoms with Gasteiger partial charge in [0.1, 0.15) is 5.69 Å². The van der Waals surface area contributed by atoms with Crippen LogP contribution in [0.2, 0.25) is 0 Å². The fourth-order valence-electron chi connectivity index (χ4n) is 2.18. The maximum atomic E-state index is 12.2. The van der Waals surface area contributed by atoms with Gasteiger partial charge in [0.05, 0.1) is 11.9 Å². The third-order valence-corrected chi connectivity index (χ3v) is 3.27. The molecule has 1 unspecified atom stereocenters. The number of carbonyl (C=O) groups is 1. The topological polar surface area (TPSA) is 45.2 Å². The Morgan fingerprint density at radius 2 is 2.39 bits per heavy atom. The Bertz CT molecular complexity index is 402. The number of rotatable bonds is 4. The lowest BCUT2D eigenvalue weighted by molar-refractivity contribution is 0.0782. The van der Waals surface area contributed by atoms with Crippen molar-refractivity contribution in [2.24, 2.45) is 5.92 Å². The zero-order valence-corrected chi connectivity index (χ0v) is 11.1. The minimum atomic E-state index is 0.0568. The Hall–Kier alpha value is -1.58. The van der Waals surface area contributed by atoms with Crippen LogP contribution in [0.5, 0.6) is 0 Å². The van der Waals surface area contributed by atoms with Crippen molar-refractivity contribution in [3.05, 3.63) is 24.0 Å². The predicted octanol–water partition coefficient (Wildman–Crippen LogP) is 2.39. The van der Waals surface area contributed by atoms with Crippen LogP contribution in [0.15, 0.2) is 18.3 Å². The lowest BCUT2D eigenvalue weighted by Gasteiger charge is -2.15. The van der Waals surface area contributed by atoms with Crippen LogP contribution in [0.25, 0.3) is 0 Å². The Morgan fingerprint density at radius 3 is 2.94 bits per heavy atom. The molecule has 1 aliphatic heterocycles. The van der Waals surface area contributed by atoms with Gasteiger partial charge in [-0.15, -0.1) is 0 Å². The maximum absolute atomic E-state index is 12.2. The molecule has 0 spiro atoms. The van der Waals surface area contributed by atoms with Gasteiger partial charge in [-0.1, -0.05) is 13.8 Å². The highest BCUT2D eigenvalue weighted by atomic mass is 16.2. The zero-order chi connectivity index (χ0) is 13.0. The molecule has 0 radical (unpaired) electrons. The molecule has 4 nitrogen and oxygen atoms in total. The van der Waals surface area contributed by atoms with Crippen molar-refractivity contribution >= 4 is 11.6 Å². The number of nitrogens with one attached hydrogen (secondary N) is 1. The quantitative estimate of drug-likeness (QED) is 0.888. The van der Waals surface area contributed by atoms with Gasteiger partial charge in [-0.25, -0.2) is 4.98 Å². The van der Waals surface area contributed by atoms with Gasteiger partial charge in [0, 0.05) is 19.6 Å². The van der Waals surface area contributed by atoms with Crippen molar-refractivity contribution in [1.82, 2.24) is 9.88 Å². The van der Waals surface area contributed by atoms with Gasteiger partial charge >= 0.3 is 0 Å². The third-order valence-electron chi connectivity index (χ3n) is 3.27. The van der Waals surface area contributed by atoms with E-state index < -0.39 is 0 Å². The summed E-state index contributed by atoms with van der Waals surface area (Å²) < 4.78 is 0. The van der Waals surface area contributed by atoms with Crippen molar-refractivity contribution in [2.45, 2.75) is 26.7 Å². The number of pyridine rings is 1. The summed E-state index contributed by atoms with van der Waals surface area (Å²) >= 11 is 0. The average molecular weight is 247 g/mol. The van der Waals surface area contributed by atoms with Crippen LogP contribution in [-0.4, -0.2) is 35.4 Å². The zero-order valence-electron chi connectivity index (χ0n) is 11.1. The normalized spacial score (nSPS) is 19.0. The van der Waals surface area contributed by atoms with Crippen LogP contribution >= 0.6 is 0 Å². The molecule has 4 heteroatoms. The standard InChI is InChI=1S/C14H21N3O/c1-3-7-15-12-4-5-13(16-9-12)14(18)17-8-6-11(2)10-17/h4-5,9,11,15H,3,6-8,10H2,1-2H3. The van der Waals surface area contributed by atoms with E-state index in [2.05, 4.69) is 24.1 Å². The highest BCUT2D eigenvalue weighted by molar-refractivity contribution is 5.92. The highest BCUT2D eigenvalue weighted by Crippen LogP contribution is 2.17. The van der Waals surface area contributed by atoms with Gasteiger partial charge in [0.15, 0.2) is 0 Å². The number of hydrogen-bond acceptors (Lipinski definition) is 3. The molecule has 2 heterocycles. The first-order valence-electron chi connectivity index (χ1n) is 6.70. The smallest absolute Gasteiger partial charge is 0.272 e. The molecule has 0 bridgehead atoms. The second kappa shape index (κ2) is 5.85. The molecule has 1 aromatic heterocycles. The van der Waals surface area contributed by atoms with E-state index in [1.165, 1.54) is 0 Å². The van der Waals surface area contributed by atoms with E-state index >= 15 is 0 Å². The summed E-state index contributed by atoms with van der Waals surface area (Å²) in [5, 5.41) is 3.25. The van der Waals surface area contributed by atoms with E-state index in [1.54, 1.807) is 6.20 Å². The fourth-order valence-corrected chi connectivity index (χ4v) is 2.18. The van der Waals surface area contributed by atoms with Gasteiger partial charge in [-0.2, -0.15) is 0 Å². The van der Waals surface area contributed by atoms with Crippen molar-refractivity contribution in [1.29, 1.82) is 0 Å². The maximum Gasteiger partial charge on any atom is 0.272 e. The van der Waals surface area contributed by atoms with E-state index in [1.807, 2.05) is 17.0 Å². The average Bonchev–Trinajstić information content (AvgIpc) is 2.83. The lowest BCUT2D eigenvalue weighted by atomic mass is 10.2. The van der Waals surface area contributed by atoms with E-state index in [9.17, 15) is 4.79 Å². The molecule has 1 aliphatic rings. The monoisotopic (exact) mass is 247 g/mol. The molecule has 1 N–H and O–H groups in total. The van der Waals surface area contributed by atoms with Gasteiger partial charge < -0.3 is 10.2 Å². The largest absolute Gasteiger partial charge is 0.384 e. The SMILES string of the molecule is CCCNc1ccc(C(=O)N2CCC(C)C2)nc1. The summed E-state index contributed by atoms with van der Waals surface area (Å²) in [6, 6.07) is 3.73. The van der Waals surface area contributed by atoms with Gasteiger partial charge in [0.2, 0.25) is 0 Å². The first kappa shape index (κ1) is 12.9. The number of nitrogens with zero attached hydrogens (tertiary/aromatic N) is 2. The number of carbonyl (C=O) groups excluding carboxylic acids is 1. The molecule has 1 amide bonds. The number of likely N-dealkylation sites (tertiary alicyclic amines) is 1. The first-order valence-corrected chi connectivity index (χ1v) is 6.70. The molecule has 1 saturated heterocycles. The minimum absolute atomic E-state index is 0.0568. The summed E-state index contributed by atoms with van der Waals surface area (Å²) in [6.45, 7) is 6.94. The van der Waals surface area contributed by atoms with Crippen molar-refractivity contribution in [2.75, 3.05) is 25.0 Å². The van der Waals surface area contributed by atoms with E-state index in [4.69, 9.17) is 0 Å². The van der Waals surface area contributed by atoms with E-state index in [-0.39, 0.29) is 5.91 Å². The third kappa shape index (κ3) is 3.00. The number of amides is 1. The van der Waals surface area contributed by atoms with Crippen LogP contribution in [0, 0.1) is 5.92 Å². The molecule has 0 saturated carbocycles. The highest BCUT2D eigenvalue weighted by Gasteiger charge is 2.24. The number of anilines is 1. The van der Waals surface area contributed by atoms with Crippen molar-refractivity contribution < 1.29 is 4.79 Å². The molecule has 98 valence electrons. The van der Waals surface area contributed by atoms with Crippen LogP contribution in [0.3, 0.4) is 0 Å². The van der Waals surface area contributed by atoms with Gasteiger partial charge in [-0.05, 0) is 30.9 Å². The minimum Gasteiger partial charge on any atom is -0.384 e. The Morgan fingerprint density at radius 1 is 1.56 bits per heavy atom. The van der Waals surface area contributed by atoms with Crippen LogP contribution in [0.1, 0.15) is 37.2 Å². The molecule has 0 aliphatic carbocycles. The molecular formula is C14H21N3O. The molecule has 2 rings (SSSR count). The molecule has 1 fully saturated rings. The van der Waals surface area contributed by atoms with Gasteiger partial charge in [-0.3, -0.25) is 4.79 Å². The summed E-state index contributed by atoms with van der Waals surface area (Å²) in [6.07, 6.45) is 3.91. The Labute approximate surface area is 108 Å². The lowest BCUT2D eigenvalue weighted by Crippen LogP contribution is -2.29. The summed E-state index contributed by atoms with van der Waals surface area (Å²) in [4.78, 5) is 18.3. The Kier molecular flexibility index (Phi) is 4.18. The van der Waals surface area contributed by atoms with Crippen molar-refractivity contribution in [3.63, 3.8) is 0 Å². The molecule has 0 aromatic carbocycles. The van der Waals surface area contributed by atoms with Crippen LogP contribution in [-0.2, 0) is 0 Å². The Balaban J connectivity index is 1.98. The number of aromatic nitrogens is 1. The van der Waals surface area contributed by atoms with Gasteiger partial charge in [0.25, 0.3) is 5.91 Å². The van der Waals surface area contributed by atoms with Crippen LogP contribution < -0.4 is 5.32 Å². The van der Waals surface area contributed by atoms with E-state index in [0.717, 1.165) is 38.2 Å². The summed E-state index contributed by atoms with van der Waals surface area (Å²) in [7, 11) is 0. The van der Waals surface area contributed by atoms with Crippen molar-refractivity contribution in [3.8, 4) is 0 Å². The summed E-state index contributed by atoms with van der Waals surface area (Å²) in [5.74, 6) is 0.667. The predicted molar refractivity (Wildman–Crippen MR) is 72.7 cm³/mol. The second-order valence-corrected chi connectivity index (χ2v) is 5.00. The summed E-state index contributed by atoms with van der Waals surface area (Å²) in [5.41, 5.74) is 1.52. The fraction of sp³-hybridized carbons (Fsp3) is 0.571. The number of hydrogen-bond donors (Lipinski definition) is 1. The molecule has 1 aromatic rings. The second-order valence-electron chi connectivity index (χ2n) is 5.00.